The fraction of sp³-hybridized carbons (Fsp3) is 0.364. The van der Waals surface area contributed by atoms with Gasteiger partial charge in [-0.3, -0.25) is 14.6 Å². The topological polar surface area (TPSA) is 76.5 Å². The molecule has 0 unspecified atom stereocenters. The van der Waals surface area contributed by atoms with E-state index in [2.05, 4.69) is 9.72 Å². The quantitative estimate of drug-likeness (QED) is 0.654. The summed E-state index contributed by atoms with van der Waals surface area (Å²) in [5.74, 6) is -2.28. The third-order valence-corrected chi connectivity index (χ3v) is 2.06. The van der Waals surface area contributed by atoms with Gasteiger partial charge in [0.2, 0.25) is 0 Å². The summed E-state index contributed by atoms with van der Waals surface area (Å²) in [6, 6.07) is 1.69. The molecule has 5 nitrogen and oxygen atoms in total. The highest BCUT2D eigenvalue weighted by Gasteiger charge is 2.30. The first-order valence-electron chi connectivity index (χ1n) is 5.18. The number of carbonyl (C=O) groups is 2. The van der Waals surface area contributed by atoms with Gasteiger partial charge in [0, 0.05) is 18.3 Å². The van der Waals surface area contributed by atoms with Gasteiger partial charge in [-0.1, -0.05) is 0 Å². The maximum Gasteiger partial charge on any atom is 0.416 e. The van der Waals surface area contributed by atoms with E-state index in [4.69, 9.17) is 5.11 Å². The molecule has 0 aromatic carbocycles. The van der Waals surface area contributed by atoms with Crippen LogP contribution in [0.3, 0.4) is 0 Å². The average Bonchev–Trinajstić information content (AvgIpc) is 2.27. The number of alkyl halides is 3. The normalized spacial score (nSPS) is 11.1. The van der Waals surface area contributed by atoms with E-state index >= 15 is 0 Å². The van der Waals surface area contributed by atoms with Crippen LogP contribution in [0.25, 0.3) is 0 Å². The number of halogens is 3. The Morgan fingerprint density at radius 2 is 2.05 bits per heavy atom. The number of carbonyl (C=O) groups excluding carboxylic acids is 1. The van der Waals surface area contributed by atoms with Crippen molar-refractivity contribution >= 4 is 11.9 Å². The largest absolute Gasteiger partial charge is 0.481 e. The molecule has 1 aromatic heterocycles. The van der Waals surface area contributed by atoms with Gasteiger partial charge in [0.25, 0.3) is 0 Å². The molecule has 0 atom stereocenters. The molecule has 0 fully saturated rings. The van der Waals surface area contributed by atoms with Crippen LogP contribution in [0.1, 0.15) is 17.7 Å². The first-order chi connectivity index (χ1) is 8.79. The van der Waals surface area contributed by atoms with E-state index in [0.717, 1.165) is 18.3 Å². The lowest BCUT2D eigenvalue weighted by molar-refractivity contribution is -0.151. The summed E-state index contributed by atoms with van der Waals surface area (Å²) < 4.78 is 41.7. The average molecular weight is 277 g/mol. The monoisotopic (exact) mass is 277 g/mol. The number of hydrogen-bond donors (Lipinski definition) is 1. The number of pyridine rings is 1. The van der Waals surface area contributed by atoms with E-state index in [1.807, 2.05) is 0 Å². The zero-order valence-corrected chi connectivity index (χ0v) is 9.61. The molecular weight excluding hydrogens is 267 g/mol. The van der Waals surface area contributed by atoms with E-state index in [0.29, 0.717) is 0 Å². The molecule has 1 N–H and O–H groups in total. The summed E-state index contributed by atoms with van der Waals surface area (Å²) >= 11 is 0. The number of hydrogen-bond acceptors (Lipinski definition) is 4. The van der Waals surface area contributed by atoms with Gasteiger partial charge in [0.1, 0.15) is 6.42 Å². The molecule has 104 valence electrons. The Kier molecular flexibility index (Phi) is 4.85. The Labute approximate surface area is 106 Å². The lowest BCUT2D eigenvalue weighted by atomic mass is 10.2. The smallest absolute Gasteiger partial charge is 0.416 e. The van der Waals surface area contributed by atoms with Crippen LogP contribution in [0.2, 0.25) is 0 Å². The molecule has 0 bridgehead atoms. The number of carboxylic acids is 1. The number of rotatable bonds is 5. The molecule has 0 aliphatic rings. The molecule has 1 heterocycles. The second-order valence-corrected chi connectivity index (χ2v) is 3.57. The second-order valence-electron chi connectivity index (χ2n) is 3.57. The molecule has 0 saturated heterocycles. The maximum absolute atomic E-state index is 12.4. The molecule has 0 aliphatic carbocycles. The SMILES string of the molecule is O=C(O)CC(=O)OCCc1cc(C(F)(F)F)ccn1. The minimum absolute atomic E-state index is 0.0186. The zero-order valence-electron chi connectivity index (χ0n) is 9.61. The van der Waals surface area contributed by atoms with E-state index in [-0.39, 0.29) is 18.7 Å². The summed E-state index contributed by atoms with van der Waals surface area (Å²) in [6.07, 6.45) is -4.25. The van der Waals surface area contributed by atoms with E-state index in [1.165, 1.54) is 0 Å². The van der Waals surface area contributed by atoms with Gasteiger partial charge in [-0.15, -0.1) is 0 Å². The van der Waals surface area contributed by atoms with Gasteiger partial charge in [-0.2, -0.15) is 13.2 Å². The summed E-state index contributed by atoms with van der Waals surface area (Å²) in [5.41, 5.74) is -0.729. The predicted octanol–water partition coefficient (Wildman–Crippen LogP) is 1.66. The molecule has 0 aliphatic heterocycles. The molecule has 0 spiro atoms. The molecule has 8 heteroatoms. The summed E-state index contributed by atoms with van der Waals surface area (Å²) in [5, 5.41) is 8.29. The molecular formula is C11H10F3NO4. The number of ether oxygens (including phenoxy) is 1. The van der Waals surface area contributed by atoms with Crippen LogP contribution in [0, 0.1) is 0 Å². The molecule has 1 rings (SSSR count). The first kappa shape index (κ1) is 14.9. The Morgan fingerprint density at radius 1 is 1.37 bits per heavy atom. The maximum atomic E-state index is 12.4. The Hall–Kier alpha value is -2.12. The minimum atomic E-state index is -4.46. The standard InChI is InChI=1S/C11H10F3NO4/c12-11(13,14)7-1-3-15-8(5-7)2-4-19-10(18)6-9(16)17/h1,3,5H,2,4,6H2,(H,16,17). The predicted molar refractivity (Wildman–Crippen MR) is 56.2 cm³/mol. The van der Waals surface area contributed by atoms with Gasteiger partial charge in [-0.05, 0) is 12.1 Å². The Balaban J connectivity index is 2.50. The minimum Gasteiger partial charge on any atom is -0.481 e. The van der Waals surface area contributed by atoms with Crippen molar-refractivity contribution in [1.29, 1.82) is 0 Å². The van der Waals surface area contributed by atoms with E-state index < -0.39 is 30.1 Å². The molecule has 19 heavy (non-hydrogen) atoms. The highest BCUT2D eigenvalue weighted by atomic mass is 19.4. The van der Waals surface area contributed by atoms with Crippen molar-refractivity contribution in [2.24, 2.45) is 0 Å². The van der Waals surface area contributed by atoms with Crippen LogP contribution in [-0.4, -0.2) is 28.6 Å². The second kappa shape index (κ2) is 6.17. The lowest BCUT2D eigenvalue weighted by Gasteiger charge is -2.08. The van der Waals surface area contributed by atoms with Crippen LogP contribution in [-0.2, 0) is 26.9 Å². The van der Waals surface area contributed by atoms with Crippen molar-refractivity contribution < 1.29 is 32.6 Å². The fourth-order valence-electron chi connectivity index (χ4n) is 1.24. The van der Waals surface area contributed by atoms with E-state index in [9.17, 15) is 22.8 Å². The van der Waals surface area contributed by atoms with Crippen LogP contribution < -0.4 is 0 Å². The van der Waals surface area contributed by atoms with Crippen molar-refractivity contribution in [2.75, 3.05) is 6.61 Å². The Bertz CT molecular complexity index is 473. The highest BCUT2D eigenvalue weighted by Crippen LogP contribution is 2.28. The van der Waals surface area contributed by atoms with Gasteiger partial charge >= 0.3 is 18.1 Å². The van der Waals surface area contributed by atoms with Crippen LogP contribution >= 0.6 is 0 Å². The Morgan fingerprint density at radius 3 is 2.63 bits per heavy atom. The van der Waals surface area contributed by atoms with Crippen molar-refractivity contribution in [3.05, 3.63) is 29.6 Å². The van der Waals surface area contributed by atoms with E-state index in [1.54, 1.807) is 0 Å². The van der Waals surface area contributed by atoms with Crippen molar-refractivity contribution in [3.63, 3.8) is 0 Å². The summed E-state index contributed by atoms with van der Waals surface area (Å²) in [7, 11) is 0. The number of aromatic nitrogens is 1. The van der Waals surface area contributed by atoms with Gasteiger partial charge in [0.05, 0.1) is 12.2 Å². The van der Waals surface area contributed by atoms with Gasteiger partial charge in [0.15, 0.2) is 0 Å². The number of aliphatic carboxylic acids is 1. The molecule has 0 radical (unpaired) electrons. The first-order valence-corrected chi connectivity index (χ1v) is 5.18. The number of nitrogens with zero attached hydrogens (tertiary/aromatic N) is 1. The van der Waals surface area contributed by atoms with Crippen LogP contribution in [0.5, 0.6) is 0 Å². The molecule has 0 amide bonds. The third-order valence-electron chi connectivity index (χ3n) is 2.06. The van der Waals surface area contributed by atoms with Crippen molar-refractivity contribution in [2.45, 2.75) is 19.0 Å². The summed E-state index contributed by atoms with van der Waals surface area (Å²) in [4.78, 5) is 24.7. The third kappa shape index (κ3) is 5.36. The van der Waals surface area contributed by atoms with Gasteiger partial charge in [-0.25, -0.2) is 0 Å². The number of carboxylic acid groups (broad SMARTS) is 1. The highest BCUT2D eigenvalue weighted by molar-refractivity contribution is 5.90. The zero-order chi connectivity index (χ0) is 14.5. The lowest BCUT2D eigenvalue weighted by Crippen LogP contribution is -2.13. The van der Waals surface area contributed by atoms with Gasteiger partial charge < -0.3 is 9.84 Å². The van der Waals surface area contributed by atoms with Crippen LogP contribution in [0.15, 0.2) is 18.3 Å². The molecule has 0 saturated carbocycles. The fourth-order valence-corrected chi connectivity index (χ4v) is 1.24. The van der Waals surface area contributed by atoms with Crippen LogP contribution in [0.4, 0.5) is 13.2 Å². The van der Waals surface area contributed by atoms with Crippen molar-refractivity contribution in [3.8, 4) is 0 Å². The summed E-state index contributed by atoms with van der Waals surface area (Å²) in [6.45, 7) is -0.222. The number of esters is 1. The van der Waals surface area contributed by atoms with Crippen molar-refractivity contribution in [1.82, 2.24) is 4.98 Å². The molecule has 1 aromatic rings.